The summed E-state index contributed by atoms with van der Waals surface area (Å²) in [7, 11) is 0. The Morgan fingerprint density at radius 2 is 0.946 bits per heavy atom. The lowest BCUT2D eigenvalue weighted by Crippen LogP contribution is -2.53. The van der Waals surface area contributed by atoms with Crippen LogP contribution in [-0.4, -0.2) is 59.3 Å². The summed E-state index contributed by atoms with van der Waals surface area (Å²) in [4.78, 5) is 29.7. The summed E-state index contributed by atoms with van der Waals surface area (Å²) in [5.74, 6) is -0.233. The third-order valence-corrected chi connectivity index (χ3v) is 6.45. The number of hydrogen-bond donors (Lipinski definition) is 2. The molecule has 2 aromatic carbocycles. The van der Waals surface area contributed by atoms with Gasteiger partial charge in [-0.25, -0.2) is 0 Å². The lowest BCUT2D eigenvalue weighted by Gasteiger charge is -2.40. The SMILES string of the molecule is CC(C)(C)NC[C@H](CN(C[C@@H](CNC(C)(C)C)C(=O)c1ccccc1)C(C)(C)C)C(=O)c1ccccc1. The van der Waals surface area contributed by atoms with E-state index in [1.165, 1.54) is 0 Å². The van der Waals surface area contributed by atoms with Crippen LogP contribution in [0.4, 0.5) is 0 Å². The monoisotopic (exact) mass is 507 g/mol. The highest BCUT2D eigenvalue weighted by molar-refractivity contribution is 5.99. The highest BCUT2D eigenvalue weighted by Gasteiger charge is 2.33. The molecule has 0 aliphatic carbocycles. The van der Waals surface area contributed by atoms with Crippen molar-refractivity contribution in [2.24, 2.45) is 11.8 Å². The highest BCUT2D eigenvalue weighted by Crippen LogP contribution is 2.22. The van der Waals surface area contributed by atoms with Crippen LogP contribution in [0.2, 0.25) is 0 Å². The molecule has 0 unspecified atom stereocenters. The minimum absolute atomic E-state index is 0.107. The van der Waals surface area contributed by atoms with Crippen molar-refractivity contribution in [3.63, 3.8) is 0 Å². The summed E-state index contributed by atoms with van der Waals surface area (Å²) in [5.41, 5.74) is 1.01. The first kappa shape index (κ1) is 30.9. The molecule has 2 rings (SSSR count). The molecule has 0 heterocycles. The van der Waals surface area contributed by atoms with Gasteiger partial charge in [0.05, 0.1) is 0 Å². The second kappa shape index (κ2) is 12.9. The van der Waals surface area contributed by atoms with Gasteiger partial charge < -0.3 is 10.6 Å². The lowest BCUT2D eigenvalue weighted by molar-refractivity contribution is 0.0640. The quantitative estimate of drug-likeness (QED) is 0.352. The van der Waals surface area contributed by atoms with Crippen LogP contribution in [0.25, 0.3) is 0 Å². The predicted octanol–water partition coefficient (Wildman–Crippen LogP) is 5.86. The molecule has 5 heteroatoms. The molecular weight excluding hydrogens is 458 g/mol. The van der Waals surface area contributed by atoms with Gasteiger partial charge in [-0.15, -0.1) is 0 Å². The average Bonchev–Trinajstić information content (AvgIpc) is 2.81. The molecule has 0 aliphatic rings. The van der Waals surface area contributed by atoms with Crippen LogP contribution in [0.1, 0.15) is 83.0 Å². The molecule has 0 spiro atoms. The molecule has 0 saturated heterocycles. The average molecular weight is 508 g/mol. The molecule has 0 radical (unpaired) electrons. The molecule has 0 saturated carbocycles. The third kappa shape index (κ3) is 10.9. The molecule has 37 heavy (non-hydrogen) atoms. The maximum atomic E-state index is 13.7. The molecule has 0 amide bonds. The van der Waals surface area contributed by atoms with Crippen LogP contribution >= 0.6 is 0 Å². The van der Waals surface area contributed by atoms with Gasteiger partial charge in [-0.2, -0.15) is 0 Å². The van der Waals surface area contributed by atoms with E-state index in [1.54, 1.807) is 0 Å². The molecule has 2 N–H and O–H groups in total. The predicted molar refractivity (Wildman–Crippen MR) is 155 cm³/mol. The van der Waals surface area contributed by atoms with E-state index in [1.807, 2.05) is 60.7 Å². The smallest absolute Gasteiger partial charge is 0.168 e. The van der Waals surface area contributed by atoms with E-state index >= 15 is 0 Å². The van der Waals surface area contributed by atoms with Crippen molar-refractivity contribution in [1.29, 1.82) is 0 Å². The van der Waals surface area contributed by atoms with Crippen LogP contribution in [0.15, 0.2) is 60.7 Å². The number of nitrogens with one attached hydrogen (secondary N) is 2. The van der Waals surface area contributed by atoms with Gasteiger partial charge in [0.25, 0.3) is 0 Å². The standard InChI is InChI=1S/C32H49N3O2/c1-30(2,3)33-20-26(28(36)24-16-12-10-13-17-24)22-35(32(7,8)9)23-27(21-34-31(4,5)6)29(37)25-18-14-11-15-19-25/h10-19,26-27,33-34H,20-23H2,1-9H3/t26-,27-/m1/s1. The summed E-state index contributed by atoms with van der Waals surface area (Å²) in [6.45, 7) is 21.5. The number of Topliss-reactive ketones (excluding diaryl/α,β-unsaturated/α-hetero) is 2. The van der Waals surface area contributed by atoms with Crippen molar-refractivity contribution in [3.05, 3.63) is 71.8 Å². The third-order valence-electron chi connectivity index (χ3n) is 6.45. The minimum atomic E-state index is -0.246. The summed E-state index contributed by atoms with van der Waals surface area (Å²) >= 11 is 0. The Balaban J connectivity index is 2.37. The van der Waals surface area contributed by atoms with Gasteiger partial charge in [-0.1, -0.05) is 60.7 Å². The van der Waals surface area contributed by atoms with E-state index < -0.39 is 0 Å². The fourth-order valence-corrected chi connectivity index (χ4v) is 4.17. The van der Waals surface area contributed by atoms with Crippen LogP contribution in [0.3, 0.4) is 0 Å². The van der Waals surface area contributed by atoms with Crippen molar-refractivity contribution in [2.45, 2.75) is 78.9 Å². The molecular formula is C32H49N3O2. The molecule has 0 bridgehead atoms. The summed E-state index contributed by atoms with van der Waals surface area (Å²) in [5, 5.41) is 7.10. The summed E-state index contributed by atoms with van der Waals surface area (Å²) < 4.78 is 0. The highest BCUT2D eigenvalue weighted by atomic mass is 16.1. The van der Waals surface area contributed by atoms with Crippen molar-refractivity contribution < 1.29 is 9.59 Å². The first-order valence-corrected chi connectivity index (χ1v) is 13.5. The van der Waals surface area contributed by atoms with Gasteiger partial charge in [0, 0.05) is 65.8 Å². The lowest BCUT2D eigenvalue weighted by atomic mass is 9.90. The Hall–Kier alpha value is -2.34. The molecule has 5 nitrogen and oxygen atoms in total. The maximum absolute atomic E-state index is 13.7. The minimum Gasteiger partial charge on any atom is -0.311 e. The van der Waals surface area contributed by atoms with Crippen LogP contribution in [0.5, 0.6) is 0 Å². The van der Waals surface area contributed by atoms with Crippen LogP contribution in [-0.2, 0) is 0 Å². The Morgan fingerprint density at radius 3 is 1.22 bits per heavy atom. The Morgan fingerprint density at radius 1 is 0.622 bits per heavy atom. The zero-order chi connectivity index (χ0) is 27.9. The largest absolute Gasteiger partial charge is 0.311 e. The van der Waals surface area contributed by atoms with E-state index in [0.717, 1.165) is 11.1 Å². The molecule has 2 aromatic rings. The molecule has 204 valence electrons. The van der Waals surface area contributed by atoms with E-state index in [-0.39, 0.29) is 40.0 Å². The Kier molecular flexibility index (Phi) is 10.8. The van der Waals surface area contributed by atoms with Crippen molar-refractivity contribution >= 4 is 11.6 Å². The van der Waals surface area contributed by atoms with Gasteiger partial charge >= 0.3 is 0 Å². The molecule has 0 fully saturated rings. The number of hydrogen-bond acceptors (Lipinski definition) is 5. The van der Waals surface area contributed by atoms with Crippen molar-refractivity contribution in [3.8, 4) is 0 Å². The Labute approximate surface area is 225 Å². The van der Waals surface area contributed by atoms with E-state index in [4.69, 9.17) is 0 Å². The normalized spacial score (nSPS) is 14.4. The van der Waals surface area contributed by atoms with Gasteiger partial charge in [0.2, 0.25) is 0 Å². The number of carbonyl (C=O) groups excluding carboxylic acids is 2. The van der Waals surface area contributed by atoms with Crippen LogP contribution in [0, 0.1) is 11.8 Å². The van der Waals surface area contributed by atoms with Gasteiger partial charge in [-0.05, 0) is 62.3 Å². The van der Waals surface area contributed by atoms with E-state index in [0.29, 0.717) is 26.2 Å². The van der Waals surface area contributed by atoms with Crippen LogP contribution < -0.4 is 10.6 Å². The maximum Gasteiger partial charge on any atom is 0.168 e. The van der Waals surface area contributed by atoms with E-state index in [2.05, 4.69) is 77.8 Å². The Bertz CT molecular complexity index is 907. The molecule has 0 aromatic heterocycles. The van der Waals surface area contributed by atoms with Gasteiger partial charge in [0.15, 0.2) is 11.6 Å². The molecule has 2 atom stereocenters. The van der Waals surface area contributed by atoms with E-state index in [9.17, 15) is 9.59 Å². The first-order chi connectivity index (χ1) is 17.1. The van der Waals surface area contributed by atoms with Gasteiger partial charge in [-0.3, -0.25) is 14.5 Å². The van der Waals surface area contributed by atoms with Crippen molar-refractivity contribution in [2.75, 3.05) is 26.2 Å². The molecule has 0 aliphatic heterocycles. The van der Waals surface area contributed by atoms with Gasteiger partial charge in [0.1, 0.15) is 0 Å². The second-order valence-corrected chi connectivity index (χ2v) is 13.2. The zero-order valence-corrected chi connectivity index (χ0v) is 24.5. The fraction of sp³-hybridized carbons (Fsp3) is 0.562. The summed E-state index contributed by atoms with van der Waals surface area (Å²) in [6, 6.07) is 19.1. The zero-order valence-electron chi connectivity index (χ0n) is 24.5. The first-order valence-electron chi connectivity index (χ1n) is 13.5. The van der Waals surface area contributed by atoms with Crippen molar-refractivity contribution in [1.82, 2.24) is 15.5 Å². The number of ketones is 2. The second-order valence-electron chi connectivity index (χ2n) is 13.2. The number of carbonyl (C=O) groups is 2. The fourth-order valence-electron chi connectivity index (χ4n) is 4.17. The number of nitrogens with zero attached hydrogens (tertiary/aromatic N) is 1. The summed E-state index contributed by atoms with van der Waals surface area (Å²) in [6.07, 6.45) is 0. The number of benzene rings is 2. The number of rotatable bonds is 12. The topological polar surface area (TPSA) is 61.4 Å².